The zero-order valence-corrected chi connectivity index (χ0v) is 11.8. The zero-order valence-electron chi connectivity index (χ0n) is 11.0. The molecule has 3 nitrogen and oxygen atoms in total. The molecule has 0 unspecified atom stereocenters. The van der Waals surface area contributed by atoms with Gasteiger partial charge >= 0.3 is 0 Å². The van der Waals surface area contributed by atoms with E-state index < -0.39 is 10.0 Å². The number of aryl methyl sites for hydroxylation is 1. The average Bonchev–Trinajstić information content (AvgIpc) is 2.83. The van der Waals surface area contributed by atoms with Gasteiger partial charge in [-0.1, -0.05) is 23.8 Å². The second-order valence-electron chi connectivity index (χ2n) is 5.00. The highest BCUT2D eigenvalue weighted by Gasteiger charge is 2.30. The number of rotatable bonds is 2. The van der Waals surface area contributed by atoms with Gasteiger partial charge in [-0.2, -0.15) is 4.31 Å². The topological polar surface area (TPSA) is 37.4 Å². The van der Waals surface area contributed by atoms with E-state index in [1.165, 1.54) is 16.4 Å². The van der Waals surface area contributed by atoms with Crippen molar-refractivity contribution in [3.63, 3.8) is 0 Å². The molecule has 1 aliphatic rings. The van der Waals surface area contributed by atoms with Crippen LogP contribution in [0, 0.1) is 12.7 Å². The summed E-state index contributed by atoms with van der Waals surface area (Å²) in [4.78, 5) is 0.274. The van der Waals surface area contributed by atoms with Crippen molar-refractivity contribution in [2.75, 3.05) is 0 Å². The maximum Gasteiger partial charge on any atom is 0.243 e. The molecule has 3 rings (SSSR count). The molecular formula is C15H14FNO2S. The van der Waals surface area contributed by atoms with Crippen LogP contribution in [0.2, 0.25) is 0 Å². The third-order valence-electron chi connectivity index (χ3n) is 3.52. The minimum atomic E-state index is -3.53. The lowest BCUT2D eigenvalue weighted by Crippen LogP contribution is -2.25. The molecule has 0 amide bonds. The van der Waals surface area contributed by atoms with Gasteiger partial charge in [0.2, 0.25) is 10.0 Å². The number of benzene rings is 2. The summed E-state index contributed by atoms with van der Waals surface area (Å²) in [5.74, 6) is -0.335. The molecule has 0 atom stereocenters. The molecular weight excluding hydrogens is 277 g/mol. The van der Waals surface area contributed by atoms with Gasteiger partial charge in [-0.3, -0.25) is 0 Å². The van der Waals surface area contributed by atoms with Gasteiger partial charge in [0.25, 0.3) is 0 Å². The van der Waals surface area contributed by atoms with E-state index in [0.29, 0.717) is 6.54 Å². The minimum absolute atomic E-state index is 0.225. The molecule has 1 aliphatic heterocycles. The standard InChI is InChI=1S/C15H14FNO2S/c1-11-2-6-15(7-3-11)20(18,19)17-9-12-4-5-14(16)8-13(12)10-17/h2-8H,9-10H2,1H3. The number of hydrogen-bond acceptors (Lipinski definition) is 2. The Hall–Kier alpha value is -1.72. The van der Waals surface area contributed by atoms with Gasteiger partial charge in [-0.15, -0.1) is 0 Å². The van der Waals surface area contributed by atoms with Crippen molar-refractivity contribution in [2.24, 2.45) is 0 Å². The minimum Gasteiger partial charge on any atom is -0.207 e. The summed E-state index contributed by atoms with van der Waals surface area (Å²) < 4.78 is 39.6. The summed E-state index contributed by atoms with van der Waals surface area (Å²) in [5, 5.41) is 0. The summed E-state index contributed by atoms with van der Waals surface area (Å²) in [5.41, 5.74) is 2.61. The van der Waals surface area contributed by atoms with Crippen molar-refractivity contribution < 1.29 is 12.8 Å². The quantitative estimate of drug-likeness (QED) is 0.853. The molecule has 0 saturated carbocycles. The molecule has 2 aromatic carbocycles. The molecule has 0 N–H and O–H groups in total. The molecule has 1 heterocycles. The number of sulfonamides is 1. The highest BCUT2D eigenvalue weighted by atomic mass is 32.2. The van der Waals surface area contributed by atoms with E-state index in [-0.39, 0.29) is 17.3 Å². The van der Waals surface area contributed by atoms with Crippen LogP contribution in [0.15, 0.2) is 47.4 Å². The van der Waals surface area contributed by atoms with Gasteiger partial charge in [-0.05, 0) is 42.3 Å². The third-order valence-corrected chi connectivity index (χ3v) is 5.33. The number of fused-ring (bicyclic) bond motifs is 1. The lowest BCUT2D eigenvalue weighted by atomic mass is 10.1. The lowest BCUT2D eigenvalue weighted by molar-refractivity contribution is 0.431. The van der Waals surface area contributed by atoms with E-state index in [0.717, 1.165) is 16.7 Å². The van der Waals surface area contributed by atoms with Crippen LogP contribution in [0.1, 0.15) is 16.7 Å². The Morgan fingerprint density at radius 1 is 1.00 bits per heavy atom. The summed E-state index contributed by atoms with van der Waals surface area (Å²) in [6, 6.07) is 11.2. The molecule has 104 valence electrons. The van der Waals surface area contributed by atoms with Crippen LogP contribution < -0.4 is 0 Å². The third kappa shape index (κ3) is 2.23. The van der Waals surface area contributed by atoms with Crippen LogP contribution in [0.3, 0.4) is 0 Å². The van der Waals surface area contributed by atoms with Gasteiger partial charge in [-0.25, -0.2) is 12.8 Å². The SMILES string of the molecule is Cc1ccc(S(=O)(=O)N2Cc3ccc(F)cc3C2)cc1. The van der Waals surface area contributed by atoms with Crippen molar-refractivity contribution in [3.8, 4) is 0 Å². The lowest BCUT2D eigenvalue weighted by Gasteiger charge is -2.15. The van der Waals surface area contributed by atoms with Crippen LogP contribution in [-0.2, 0) is 23.1 Å². The molecule has 0 aliphatic carbocycles. The van der Waals surface area contributed by atoms with Crippen molar-refractivity contribution >= 4 is 10.0 Å². The molecule has 2 aromatic rings. The van der Waals surface area contributed by atoms with Crippen molar-refractivity contribution in [2.45, 2.75) is 24.9 Å². The fourth-order valence-electron chi connectivity index (χ4n) is 2.36. The second kappa shape index (κ2) is 4.68. The fraction of sp³-hybridized carbons (Fsp3) is 0.200. The van der Waals surface area contributed by atoms with Gasteiger partial charge in [0.15, 0.2) is 0 Å². The molecule has 0 spiro atoms. The van der Waals surface area contributed by atoms with Crippen LogP contribution in [0.4, 0.5) is 4.39 Å². The normalized spacial score (nSPS) is 15.3. The first kappa shape index (κ1) is 13.3. The Morgan fingerprint density at radius 3 is 2.35 bits per heavy atom. The average molecular weight is 291 g/mol. The first-order valence-electron chi connectivity index (χ1n) is 6.31. The maximum atomic E-state index is 13.2. The van der Waals surface area contributed by atoms with E-state index >= 15 is 0 Å². The predicted octanol–water partition coefficient (Wildman–Crippen LogP) is 2.84. The van der Waals surface area contributed by atoms with Gasteiger partial charge in [0, 0.05) is 13.1 Å². The number of halogens is 1. The van der Waals surface area contributed by atoms with Crippen molar-refractivity contribution in [3.05, 3.63) is 65.0 Å². The largest absolute Gasteiger partial charge is 0.243 e. The number of hydrogen-bond donors (Lipinski definition) is 0. The van der Waals surface area contributed by atoms with Gasteiger partial charge in [0.05, 0.1) is 4.90 Å². The molecule has 20 heavy (non-hydrogen) atoms. The molecule has 0 aromatic heterocycles. The summed E-state index contributed by atoms with van der Waals surface area (Å²) in [7, 11) is -3.53. The van der Waals surface area contributed by atoms with Crippen molar-refractivity contribution in [1.82, 2.24) is 4.31 Å². The zero-order chi connectivity index (χ0) is 14.3. The Labute approximate surface area is 117 Å². The molecule has 0 saturated heterocycles. The Balaban J connectivity index is 1.93. The smallest absolute Gasteiger partial charge is 0.207 e. The molecule has 5 heteroatoms. The number of nitrogens with zero attached hydrogens (tertiary/aromatic N) is 1. The first-order chi connectivity index (χ1) is 9.46. The van der Waals surface area contributed by atoms with E-state index in [9.17, 15) is 12.8 Å². The van der Waals surface area contributed by atoms with Crippen molar-refractivity contribution in [1.29, 1.82) is 0 Å². The molecule has 0 bridgehead atoms. The van der Waals surface area contributed by atoms with Crippen LogP contribution in [-0.4, -0.2) is 12.7 Å². The van der Waals surface area contributed by atoms with E-state index in [4.69, 9.17) is 0 Å². The van der Waals surface area contributed by atoms with Crippen LogP contribution in [0.25, 0.3) is 0 Å². The second-order valence-corrected chi connectivity index (χ2v) is 6.94. The Bertz CT molecular complexity index is 754. The highest BCUT2D eigenvalue weighted by Crippen LogP contribution is 2.29. The monoisotopic (exact) mass is 291 g/mol. The summed E-state index contributed by atoms with van der Waals surface area (Å²) >= 11 is 0. The van der Waals surface area contributed by atoms with Gasteiger partial charge < -0.3 is 0 Å². The fourth-order valence-corrected chi connectivity index (χ4v) is 3.76. The van der Waals surface area contributed by atoms with Gasteiger partial charge in [0.1, 0.15) is 5.82 Å². The molecule has 0 radical (unpaired) electrons. The van der Waals surface area contributed by atoms with E-state index in [1.807, 2.05) is 6.92 Å². The molecule has 0 fully saturated rings. The predicted molar refractivity (Wildman–Crippen MR) is 74.0 cm³/mol. The maximum absolute atomic E-state index is 13.2. The Kier molecular flexibility index (Phi) is 3.11. The van der Waals surface area contributed by atoms with E-state index in [2.05, 4.69) is 0 Å². The Morgan fingerprint density at radius 2 is 1.65 bits per heavy atom. The highest BCUT2D eigenvalue weighted by molar-refractivity contribution is 7.89. The summed E-state index contributed by atoms with van der Waals surface area (Å²) in [6.45, 7) is 2.43. The van der Waals surface area contributed by atoms with E-state index in [1.54, 1.807) is 30.3 Å². The first-order valence-corrected chi connectivity index (χ1v) is 7.75. The summed E-state index contributed by atoms with van der Waals surface area (Å²) in [6.07, 6.45) is 0. The van der Waals surface area contributed by atoms with Crippen LogP contribution >= 0.6 is 0 Å². The van der Waals surface area contributed by atoms with Crippen LogP contribution in [0.5, 0.6) is 0 Å².